The van der Waals surface area contributed by atoms with Crippen LogP contribution < -0.4 is 20.7 Å². The maximum Gasteiger partial charge on any atom is 0.422 e. The fraction of sp³-hybridized carbons (Fsp3) is 0.222. The van der Waals surface area contributed by atoms with Gasteiger partial charge in [0.2, 0.25) is 5.91 Å². The fourth-order valence-corrected chi connectivity index (χ4v) is 2.09. The van der Waals surface area contributed by atoms with Crippen LogP contribution in [-0.2, 0) is 11.3 Å². The smallest absolute Gasteiger partial charge is 0.422 e. The van der Waals surface area contributed by atoms with E-state index in [4.69, 9.17) is 0 Å². The number of ether oxygens (including phenoxy) is 1. The van der Waals surface area contributed by atoms with Gasteiger partial charge in [0.15, 0.2) is 6.61 Å². The van der Waals surface area contributed by atoms with E-state index < -0.39 is 37.1 Å². The molecule has 0 spiro atoms. The molecule has 2 aromatic carbocycles. The quantitative estimate of drug-likeness (QED) is 0.625. The highest BCUT2D eigenvalue weighted by atomic mass is 19.4. The molecule has 0 atom stereocenters. The van der Waals surface area contributed by atoms with Crippen molar-refractivity contribution in [1.82, 2.24) is 10.6 Å². The Labute approximate surface area is 157 Å². The van der Waals surface area contributed by atoms with Gasteiger partial charge in [-0.25, -0.2) is 9.18 Å². The topological polar surface area (TPSA) is 79.5 Å². The van der Waals surface area contributed by atoms with Gasteiger partial charge in [-0.15, -0.1) is 0 Å². The van der Waals surface area contributed by atoms with Gasteiger partial charge in [-0.2, -0.15) is 13.2 Å². The molecule has 150 valence electrons. The van der Waals surface area contributed by atoms with Crippen LogP contribution in [0.4, 0.5) is 28.0 Å². The molecule has 6 nitrogen and oxygen atoms in total. The predicted octanol–water partition coefficient (Wildman–Crippen LogP) is 3.20. The zero-order valence-corrected chi connectivity index (χ0v) is 14.5. The van der Waals surface area contributed by atoms with Crippen molar-refractivity contribution < 1.29 is 31.9 Å². The largest absolute Gasteiger partial charge is 0.482 e. The Hall–Kier alpha value is -3.30. The molecule has 3 amide bonds. The molecule has 3 N–H and O–H groups in total. The molecule has 2 rings (SSSR count). The summed E-state index contributed by atoms with van der Waals surface area (Å²) in [6.45, 7) is -1.85. The van der Waals surface area contributed by atoms with E-state index in [9.17, 15) is 27.2 Å². The molecule has 28 heavy (non-hydrogen) atoms. The van der Waals surface area contributed by atoms with Crippen LogP contribution in [0, 0.1) is 5.82 Å². The van der Waals surface area contributed by atoms with Crippen LogP contribution in [0.25, 0.3) is 0 Å². The Bertz CT molecular complexity index is 813. The van der Waals surface area contributed by atoms with Gasteiger partial charge >= 0.3 is 12.2 Å². The number of carbonyl (C=O) groups is 2. The number of nitrogens with one attached hydrogen (secondary N) is 3. The number of halogens is 4. The molecule has 0 heterocycles. The minimum atomic E-state index is -4.57. The maximum atomic E-state index is 13.3. The molecule has 0 bridgehead atoms. The third-order valence-electron chi connectivity index (χ3n) is 3.32. The van der Waals surface area contributed by atoms with Crippen LogP contribution in [-0.4, -0.2) is 31.3 Å². The number of urea groups is 1. The maximum absolute atomic E-state index is 13.3. The Morgan fingerprint density at radius 2 is 1.75 bits per heavy atom. The van der Waals surface area contributed by atoms with Crippen molar-refractivity contribution in [3.05, 3.63) is 59.9 Å². The van der Waals surface area contributed by atoms with Crippen LogP contribution in [0.5, 0.6) is 5.75 Å². The van der Waals surface area contributed by atoms with E-state index in [-0.39, 0.29) is 18.0 Å². The predicted molar refractivity (Wildman–Crippen MR) is 93.3 cm³/mol. The van der Waals surface area contributed by atoms with Crippen molar-refractivity contribution in [2.75, 3.05) is 18.5 Å². The van der Waals surface area contributed by atoms with Crippen molar-refractivity contribution in [1.29, 1.82) is 0 Å². The van der Waals surface area contributed by atoms with Crippen molar-refractivity contribution in [3.8, 4) is 5.75 Å². The number of rotatable bonds is 7. The number of anilines is 1. The Morgan fingerprint density at radius 3 is 2.43 bits per heavy atom. The number of benzene rings is 2. The summed E-state index contributed by atoms with van der Waals surface area (Å²) in [6, 6.07) is 11.0. The van der Waals surface area contributed by atoms with Crippen molar-refractivity contribution in [2.24, 2.45) is 0 Å². The summed E-state index contributed by atoms with van der Waals surface area (Å²) in [5.74, 6) is -1.78. The molecular formula is C18H17F4N3O3. The molecule has 0 aliphatic heterocycles. The Balaban J connectivity index is 1.84. The highest BCUT2D eigenvalue weighted by Crippen LogP contribution is 2.27. The molecule has 0 fully saturated rings. The van der Waals surface area contributed by atoms with Crippen molar-refractivity contribution in [2.45, 2.75) is 12.7 Å². The lowest BCUT2D eigenvalue weighted by molar-refractivity contribution is -0.153. The average molecular weight is 399 g/mol. The zero-order chi connectivity index (χ0) is 20.6. The second-order valence-electron chi connectivity index (χ2n) is 5.61. The van der Waals surface area contributed by atoms with Gasteiger partial charge in [0.1, 0.15) is 11.6 Å². The number of hydrogen-bond donors (Lipinski definition) is 3. The van der Waals surface area contributed by atoms with Crippen LogP contribution in [0.15, 0.2) is 48.5 Å². The van der Waals surface area contributed by atoms with Gasteiger partial charge in [-0.3, -0.25) is 10.1 Å². The van der Waals surface area contributed by atoms with E-state index in [0.717, 1.165) is 23.8 Å². The third-order valence-corrected chi connectivity index (χ3v) is 3.32. The minimum absolute atomic E-state index is 0.149. The average Bonchev–Trinajstić information content (AvgIpc) is 2.64. The number of hydrogen-bond acceptors (Lipinski definition) is 4. The molecule has 2 aromatic rings. The lowest BCUT2D eigenvalue weighted by atomic mass is 10.2. The van der Waals surface area contributed by atoms with Crippen molar-refractivity contribution in [3.63, 3.8) is 0 Å². The Kier molecular flexibility index (Phi) is 7.19. The molecule has 0 aliphatic carbocycles. The van der Waals surface area contributed by atoms with E-state index in [0.29, 0.717) is 0 Å². The highest BCUT2D eigenvalue weighted by molar-refractivity contribution is 5.96. The van der Waals surface area contributed by atoms with E-state index in [2.05, 4.69) is 15.4 Å². The van der Waals surface area contributed by atoms with Gasteiger partial charge in [-0.05, 0) is 17.7 Å². The summed E-state index contributed by atoms with van der Waals surface area (Å²) in [7, 11) is 0. The summed E-state index contributed by atoms with van der Waals surface area (Å²) in [4.78, 5) is 23.5. The number of carbonyl (C=O) groups excluding carboxylic acids is 2. The summed E-state index contributed by atoms with van der Waals surface area (Å²) in [5.41, 5.74) is 0.679. The van der Waals surface area contributed by atoms with E-state index in [1.54, 1.807) is 24.3 Å². The normalized spacial score (nSPS) is 10.9. The first-order valence-corrected chi connectivity index (χ1v) is 8.07. The van der Waals surface area contributed by atoms with Crippen LogP contribution in [0.3, 0.4) is 0 Å². The zero-order valence-electron chi connectivity index (χ0n) is 14.5. The summed E-state index contributed by atoms with van der Waals surface area (Å²) in [6.07, 6.45) is -4.57. The standard InChI is InChI=1S/C18H17F4N3O3/c19-13-6-7-15(28-11-18(20,21)22)14(8-13)23-10-16(26)25-17(27)24-9-12-4-2-1-3-5-12/h1-8,23H,9-11H2,(H2,24,25,26,27). The molecule has 0 radical (unpaired) electrons. The lowest BCUT2D eigenvalue weighted by Gasteiger charge is -2.14. The van der Waals surface area contributed by atoms with Crippen LogP contribution >= 0.6 is 0 Å². The van der Waals surface area contributed by atoms with Gasteiger partial charge < -0.3 is 15.4 Å². The first kappa shape index (κ1) is 21.0. The summed E-state index contributed by atoms with van der Waals surface area (Å²) >= 11 is 0. The molecule has 10 heteroatoms. The molecule has 0 aromatic heterocycles. The number of imide groups is 1. The fourth-order valence-electron chi connectivity index (χ4n) is 2.09. The first-order valence-electron chi connectivity index (χ1n) is 8.07. The molecule has 0 saturated heterocycles. The second-order valence-corrected chi connectivity index (χ2v) is 5.61. The van der Waals surface area contributed by atoms with Gasteiger partial charge in [-0.1, -0.05) is 30.3 Å². The van der Waals surface area contributed by atoms with Crippen molar-refractivity contribution >= 4 is 17.6 Å². The van der Waals surface area contributed by atoms with Gasteiger partial charge in [0.05, 0.1) is 12.2 Å². The van der Waals surface area contributed by atoms with Crippen LogP contribution in [0.1, 0.15) is 5.56 Å². The minimum Gasteiger partial charge on any atom is -0.482 e. The van der Waals surface area contributed by atoms with E-state index >= 15 is 0 Å². The monoisotopic (exact) mass is 399 g/mol. The van der Waals surface area contributed by atoms with E-state index in [1.807, 2.05) is 11.4 Å². The lowest BCUT2D eigenvalue weighted by Crippen LogP contribution is -2.41. The van der Waals surface area contributed by atoms with Crippen LogP contribution in [0.2, 0.25) is 0 Å². The Morgan fingerprint density at radius 1 is 1.04 bits per heavy atom. The number of amides is 3. The summed E-state index contributed by atoms with van der Waals surface area (Å²) < 4.78 is 54.8. The van der Waals surface area contributed by atoms with Gasteiger partial charge in [0.25, 0.3) is 0 Å². The third kappa shape index (κ3) is 7.52. The molecular weight excluding hydrogens is 382 g/mol. The second kappa shape index (κ2) is 9.58. The SMILES string of the molecule is O=C(CNc1cc(F)ccc1OCC(F)(F)F)NC(=O)NCc1ccccc1. The first-order chi connectivity index (χ1) is 13.2. The number of alkyl halides is 3. The molecule has 0 aliphatic rings. The van der Waals surface area contributed by atoms with E-state index in [1.165, 1.54) is 0 Å². The molecule has 0 unspecified atom stereocenters. The van der Waals surface area contributed by atoms with Gasteiger partial charge in [0, 0.05) is 12.6 Å². The molecule has 0 saturated carbocycles. The highest BCUT2D eigenvalue weighted by Gasteiger charge is 2.29. The summed E-state index contributed by atoms with van der Waals surface area (Å²) in [5, 5.41) is 6.97.